The second-order valence-electron chi connectivity index (χ2n) is 13.5. The average Bonchev–Trinajstić information content (AvgIpc) is 3.67. The molecule has 2 aliphatic heterocycles. The molecule has 0 spiro atoms. The summed E-state index contributed by atoms with van der Waals surface area (Å²) in [5.74, 6) is 0. The molecule has 0 saturated heterocycles. The van der Waals surface area contributed by atoms with Crippen molar-refractivity contribution in [1.82, 2.24) is 0 Å². The maximum atomic E-state index is 2.53. The van der Waals surface area contributed by atoms with Crippen LogP contribution >= 0.6 is 10.7 Å². The van der Waals surface area contributed by atoms with E-state index in [1.54, 1.807) is 63.1 Å². The Balaban J connectivity index is 0.000000132. The Kier molecular flexibility index (Phi) is 7.01. The first kappa shape index (κ1) is 28.2. The molecule has 0 fully saturated rings. The van der Waals surface area contributed by atoms with Gasteiger partial charge in [0.25, 0.3) is 0 Å². The molecule has 0 atom stereocenters. The minimum atomic E-state index is -0.967. The van der Waals surface area contributed by atoms with Gasteiger partial charge in [0.15, 0.2) is 0 Å². The molecule has 208 valence electrons. The third kappa shape index (κ3) is 3.72. The van der Waals surface area contributed by atoms with Crippen LogP contribution in [0.1, 0.15) is 77.6 Å². The molecule has 0 amide bonds. The van der Waals surface area contributed by atoms with Crippen LogP contribution in [-0.4, -0.2) is 52.3 Å². The van der Waals surface area contributed by atoms with Crippen LogP contribution < -0.4 is 19.3 Å². The van der Waals surface area contributed by atoms with Crippen molar-refractivity contribution in [2.24, 2.45) is 0 Å². The second kappa shape index (κ2) is 9.96. The third-order valence-corrected chi connectivity index (χ3v) is 42.8. The molecule has 0 radical (unpaired) electrons. The van der Waals surface area contributed by atoms with E-state index in [1.165, 1.54) is 25.7 Å². The summed E-state index contributed by atoms with van der Waals surface area (Å²) in [5, 5.41) is 8.41. The van der Waals surface area contributed by atoms with Crippen LogP contribution in [0, 0.1) is 0 Å². The first-order chi connectivity index (χ1) is 19.1. The predicted molar refractivity (Wildman–Crippen MR) is 187 cm³/mol. The van der Waals surface area contributed by atoms with Crippen molar-refractivity contribution in [3.8, 4) is 0 Å². The van der Waals surface area contributed by atoms with Crippen LogP contribution in [0.2, 0.25) is 0 Å². The van der Waals surface area contributed by atoms with E-state index in [9.17, 15) is 0 Å². The Morgan fingerprint density at radius 1 is 0.425 bits per heavy atom. The van der Waals surface area contributed by atoms with Gasteiger partial charge in [0.1, 0.15) is 0 Å². The standard InChI is InChI=1S/2C18H22AsP/c2*1-11(2)20(12(3)4)16-10-8-14-6-5-13-7-9-15(19-20)18(16)17(13)14/h2*7-12H,5-6H2,1-4H3. The van der Waals surface area contributed by atoms with Gasteiger partial charge in [-0.2, -0.15) is 0 Å². The summed E-state index contributed by atoms with van der Waals surface area (Å²) in [6, 6.07) is 19.8. The van der Waals surface area contributed by atoms with Gasteiger partial charge in [-0.15, -0.1) is 0 Å². The molecule has 0 unspecified atom stereocenters. The molecule has 0 N–H and O–H groups in total. The summed E-state index contributed by atoms with van der Waals surface area (Å²) >= 11 is 0.689. The van der Waals surface area contributed by atoms with Crippen LogP contribution in [0.5, 0.6) is 0 Å². The van der Waals surface area contributed by atoms with E-state index in [0.717, 1.165) is 22.6 Å². The van der Waals surface area contributed by atoms with E-state index in [4.69, 9.17) is 0 Å². The molecule has 0 saturated carbocycles. The van der Waals surface area contributed by atoms with Crippen molar-refractivity contribution < 1.29 is 0 Å². The quantitative estimate of drug-likeness (QED) is 0.156. The van der Waals surface area contributed by atoms with Gasteiger partial charge >= 0.3 is 256 Å². The minimum absolute atomic E-state index is 0.344. The summed E-state index contributed by atoms with van der Waals surface area (Å²) in [4.78, 5) is 0. The second-order valence-corrected chi connectivity index (χ2v) is 34.8. The van der Waals surface area contributed by atoms with Crippen LogP contribution in [0.25, 0.3) is 21.5 Å². The Bertz CT molecular complexity index is 1660. The fourth-order valence-corrected chi connectivity index (χ4v) is 34.7. The number of hydrogen-bond donors (Lipinski definition) is 0. The molecule has 0 nitrogen and oxygen atoms in total. The molecule has 8 rings (SSSR count). The molecule has 0 aromatic heterocycles. The predicted octanol–water partition coefficient (Wildman–Crippen LogP) is 7.31. The summed E-state index contributed by atoms with van der Waals surface area (Å²) < 4.78 is 3.49. The zero-order valence-corrected chi connectivity index (χ0v) is 31.1. The van der Waals surface area contributed by atoms with E-state index < -0.39 is 10.7 Å². The van der Waals surface area contributed by atoms with E-state index in [2.05, 4.69) is 104 Å². The van der Waals surface area contributed by atoms with Crippen LogP contribution in [0.4, 0.5) is 0 Å². The molecular weight excluding hydrogens is 644 g/mol. The normalized spacial score (nSPS) is 19.1. The Labute approximate surface area is 254 Å². The molecule has 2 heterocycles. The maximum absolute atomic E-state index is 2.53. The fraction of sp³-hybridized carbons (Fsp3) is 0.444. The average molecular weight is 689 g/mol. The SMILES string of the molecule is CC(C)P1(C(C)C)=[As]c2ccc3c4c(ccc1c24)CC3.CC(C)P1(C(C)C)=[As]c2ccc3c4c(ccc1c24)CC3. The summed E-state index contributed by atoms with van der Waals surface area (Å²) in [6.45, 7) is 19.9. The van der Waals surface area contributed by atoms with Crippen LogP contribution in [-0.2, 0) is 25.7 Å². The van der Waals surface area contributed by atoms with E-state index in [0.29, 0.717) is 29.6 Å². The molecular formula is C36H44As2P2. The van der Waals surface area contributed by atoms with Gasteiger partial charge < -0.3 is 0 Å². The first-order valence-electron chi connectivity index (χ1n) is 15.5. The van der Waals surface area contributed by atoms with Gasteiger partial charge in [-0.3, -0.25) is 0 Å². The van der Waals surface area contributed by atoms with Gasteiger partial charge in [-0.25, -0.2) is 0 Å². The van der Waals surface area contributed by atoms with Crippen molar-refractivity contribution in [3.05, 3.63) is 70.8 Å². The van der Waals surface area contributed by atoms with E-state index in [-0.39, 0.29) is 0 Å². The van der Waals surface area contributed by atoms with Crippen molar-refractivity contribution in [2.75, 3.05) is 0 Å². The van der Waals surface area contributed by atoms with Crippen LogP contribution in [0.3, 0.4) is 0 Å². The number of hydrogen-bond acceptors (Lipinski definition) is 0. The summed E-state index contributed by atoms with van der Waals surface area (Å²) in [6.07, 6.45) is 5.06. The molecule has 4 aliphatic rings. The van der Waals surface area contributed by atoms with Gasteiger partial charge in [-0.05, 0) is 0 Å². The molecule has 2 aliphatic carbocycles. The zero-order valence-electron chi connectivity index (χ0n) is 25.5. The van der Waals surface area contributed by atoms with Gasteiger partial charge in [0, 0.05) is 0 Å². The van der Waals surface area contributed by atoms with Crippen molar-refractivity contribution in [1.29, 1.82) is 0 Å². The van der Waals surface area contributed by atoms with Crippen molar-refractivity contribution >= 4 is 81.2 Å². The first-order valence-corrected chi connectivity index (χ1v) is 26.2. The topological polar surface area (TPSA) is 0 Å². The Hall–Kier alpha value is -0.623. The third-order valence-electron chi connectivity index (χ3n) is 10.4. The number of aryl methyl sites for hydroxylation is 4. The number of benzene rings is 4. The Morgan fingerprint density at radius 3 is 1.02 bits per heavy atom. The number of rotatable bonds is 4. The summed E-state index contributed by atoms with van der Waals surface area (Å²) in [5.41, 5.74) is 9.84. The van der Waals surface area contributed by atoms with Gasteiger partial charge in [0.2, 0.25) is 0 Å². The van der Waals surface area contributed by atoms with E-state index in [1.807, 2.05) is 0 Å². The van der Waals surface area contributed by atoms with Gasteiger partial charge in [-0.1, -0.05) is 0 Å². The Morgan fingerprint density at radius 2 is 0.725 bits per heavy atom. The fourth-order valence-electron chi connectivity index (χ4n) is 8.58. The monoisotopic (exact) mass is 688 g/mol. The van der Waals surface area contributed by atoms with Crippen LogP contribution in [0.15, 0.2) is 48.5 Å². The van der Waals surface area contributed by atoms with Crippen molar-refractivity contribution in [2.45, 2.75) is 104 Å². The molecule has 0 bridgehead atoms. The van der Waals surface area contributed by atoms with Gasteiger partial charge in [0.05, 0.1) is 0 Å². The summed E-state index contributed by atoms with van der Waals surface area (Å²) in [7, 11) is 0. The van der Waals surface area contributed by atoms with E-state index >= 15 is 0 Å². The molecule has 4 heteroatoms. The molecule has 4 aromatic carbocycles. The molecule has 4 aromatic rings. The molecule has 40 heavy (non-hydrogen) atoms. The van der Waals surface area contributed by atoms with Crippen molar-refractivity contribution in [3.63, 3.8) is 0 Å². The zero-order chi connectivity index (χ0) is 28.1.